The number of methoxy groups -OCH3 is 1. The number of nitrogens with zero attached hydrogens (tertiary/aromatic N) is 4. The Balaban J connectivity index is 1.70. The lowest BCUT2D eigenvalue weighted by molar-refractivity contribution is -0.135. The van der Waals surface area contributed by atoms with Gasteiger partial charge in [-0.05, 0) is 12.1 Å². The van der Waals surface area contributed by atoms with Crippen LogP contribution in [0.25, 0.3) is 0 Å². The van der Waals surface area contributed by atoms with Gasteiger partial charge in [0, 0.05) is 26.9 Å². The van der Waals surface area contributed by atoms with Crippen LogP contribution in [0.4, 0.5) is 5.69 Å². The summed E-state index contributed by atoms with van der Waals surface area (Å²) in [7, 11) is 3.23. The molecule has 8 nitrogen and oxygen atoms in total. The predicted octanol–water partition coefficient (Wildman–Crippen LogP) is 1.40. The fraction of sp³-hybridized carbons (Fsp3) is 0.412. The maximum Gasteiger partial charge on any atom is 0.228 e. The zero-order chi connectivity index (χ0) is 18.0. The first-order valence-corrected chi connectivity index (χ1v) is 7.97. The van der Waals surface area contributed by atoms with Crippen LogP contribution in [0.2, 0.25) is 0 Å². The van der Waals surface area contributed by atoms with E-state index in [1.807, 2.05) is 18.2 Å². The van der Waals surface area contributed by atoms with E-state index in [0.717, 1.165) is 0 Å². The predicted molar refractivity (Wildman–Crippen MR) is 89.0 cm³/mol. The smallest absolute Gasteiger partial charge is 0.228 e. The summed E-state index contributed by atoms with van der Waals surface area (Å²) in [6, 6.07) is 7.29. The van der Waals surface area contributed by atoms with Crippen molar-refractivity contribution in [2.75, 3.05) is 25.6 Å². The van der Waals surface area contributed by atoms with Gasteiger partial charge < -0.3 is 19.1 Å². The summed E-state index contributed by atoms with van der Waals surface area (Å²) in [5.74, 6) is 0.892. The molecule has 2 heterocycles. The molecule has 0 unspecified atom stereocenters. The summed E-state index contributed by atoms with van der Waals surface area (Å²) in [6.07, 6.45) is 0.173. The van der Waals surface area contributed by atoms with Crippen molar-refractivity contribution in [1.29, 1.82) is 0 Å². The zero-order valence-electron chi connectivity index (χ0n) is 14.4. The zero-order valence-corrected chi connectivity index (χ0v) is 14.4. The van der Waals surface area contributed by atoms with Crippen LogP contribution in [-0.4, -0.2) is 47.6 Å². The molecule has 3 rings (SSSR count). The summed E-state index contributed by atoms with van der Waals surface area (Å²) in [5, 5.41) is 3.79. The number of hydrogen-bond acceptors (Lipinski definition) is 6. The van der Waals surface area contributed by atoms with Crippen LogP contribution < -0.4 is 9.64 Å². The van der Waals surface area contributed by atoms with Gasteiger partial charge in [-0.1, -0.05) is 17.3 Å². The Morgan fingerprint density at radius 1 is 1.44 bits per heavy atom. The monoisotopic (exact) mass is 344 g/mol. The lowest BCUT2D eigenvalue weighted by Gasteiger charge is -2.21. The van der Waals surface area contributed by atoms with Crippen molar-refractivity contribution < 1.29 is 18.8 Å². The normalized spacial score (nSPS) is 17.0. The first kappa shape index (κ1) is 16.9. The minimum absolute atomic E-state index is 0.0911. The van der Waals surface area contributed by atoms with Gasteiger partial charge in [0.05, 0.1) is 25.3 Å². The minimum Gasteiger partial charge on any atom is -0.495 e. The van der Waals surface area contributed by atoms with Gasteiger partial charge in [0.25, 0.3) is 0 Å². The molecule has 8 heteroatoms. The molecule has 0 aliphatic carbocycles. The topological polar surface area (TPSA) is 88.8 Å². The van der Waals surface area contributed by atoms with Gasteiger partial charge in [0.15, 0.2) is 5.82 Å². The molecule has 0 bridgehead atoms. The Morgan fingerprint density at radius 3 is 2.88 bits per heavy atom. The number of para-hydroxylation sites is 2. The van der Waals surface area contributed by atoms with Crippen LogP contribution in [0.15, 0.2) is 28.8 Å². The van der Waals surface area contributed by atoms with Gasteiger partial charge in [-0.3, -0.25) is 9.59 Å². The molecule has 0 saturated carbocycles. The molecule has 0 N–H and O–H groups in total. The number of aromatic nitrogens is 2. The summed E-state index contributed by atoms with van der Waals surface area (Å²) in [6.45, 7) is 2.27. The van der Waals surface area contributed by atoms with E-state index in [9.17, 15) is 9.59 Å². The first-order chi connectivity index (χ1) is 12.0. The van der Waals surface area contributed by atoms with Gasteiger partial charge in [0.1, 0.15) is 5.75 Å². The van der Waals surface area contributed by atoms with Gasteiger partial charge in [-0.25, -0.2) is 0 Å². The average Bonchev–Trinajstić information content (AvgIpc) is 3.19. The number of aryl methyl sites for hydroxylation is 1. The van der Waals surface area contributed by atoms with Crippen LogP contribution in [-0.2, 0) is 16.1 Å². The largest absolute Gasteiger partial charge is 0.495 e. The van der Waals surface area contributed by atoms with Crippen molar-refractivity contribution in [3.63, 3.8) is 0 Å². The maximum atomic E-state index is 12.7. The fourth-order valence-corrected chi connectivity index (χ4v) is 2.97. The van der Waals surface area contributed by atoms with Crippen LogP contribution in [0.1, 0.15) is 18.1 Å². The van der Waals surface area contributed by atoms with Crippen molar-refractivity contribution in [2.24, 2.45) is 5.92 Å². The molecule has 1 atom stereocenters. The van der Waals surface area contributed by atoms with E-state index in [-0.39, 0.29) is 24.8 Å². The molecule has 1 aromatic carbocycles. The lowest BCUT2D eigenvalue weighted by atomic mass is 10.1. The molecular formula is C17H20N4O4. The Bertz CT molecular complexity index is 788. The van der Waals surface area contributed by atoms with Crippen LogP contribution in [0, 0.1) is 12.8 Å². The molecular weight excluding hydrogens is 324 g/mol. The molecule has 1 aliphatic heterocycles. The van der Waals surface area contributed by atoms with Crippen molar-refractivity contribution in [1.82, 2.24) is 15.0 Å². The third-order valence-electron chi connectivity index (χ3n) is 4.17. The Labute approximate surface area is 145 Å². The summed E-state index contributed by atoms with van der Waals surface area (Å²) in [4.78, 5) is 32.3. The highest BCUT2D eigenvalue weighted by Crippen LogP contribution is 2.33. The standard InChI is InChI=1S/C17H20N4O4/c1-11-18-15(19-25-11)10-20(2)17(23)12-8-16(22)21(9-12)13-6-4-5-7-14(13)24-3/h4-7,12H,8-10H2,1-3H3/t12-/m1/s1. The van der Waals surface area contributed by atoms with E-state index in [4.69, 9.17) is 9.26 Å². The van der Waals surface area contributed by atoms with E-state index in [2.05, 4.69) is 10.1 Å². The molecule has 1 fully saturated rings. The van der Waals surface area contributed by atoms with Crippen LogP contribution in [0.5, 0.6) is 5.75 Å². The summed E-state index contributed by atoms with van der Waals surface area (Å²) < 4.78 is 10.2. The van der Waals surface area contributed by atoms with E-state index in [0.29, 0.717) is 29.7 Å². The molecule has 0 spiro atoms. The molecule has 1 aliphatic rings. The van der Waals surface area contributed by atoms with Gasteiger partial charge in [0.2, 0.25) is 17.7 Å². The van der Waals surface area contributed by atoms with Crippen LogP contribution in [0.3, 0.4) is 0 Å². The summed E-state index contributed by atoms with van der Waals surface area (Å²) >= 11 is 0. The highest BCUT2D eigenvalue weighted by atomic mass is 16.5. The Hall–Kier alpha value is -2.90. The second kappa shape index (κ2) is 6.92. The SMILES string of the molecule is COc1ccccc1N1C[C@H](C(=O)N(C)Cc2noc(C)n2)CC1=O. The van der Waals surface area contributed by atoms with Gasteiger partial charge in [-0.15, -0.1) is 0 Å². The maximum absolute atomic E-state index is 12.7. The van der Waals surface area contributed by atoms with Crippen molar-refractivity contribution in [3.8, 4) is 5.75 Å². The third-order valence-corrected chi connectivity index (χ3v) is 4.17. The second-order valence-corrected chi connectivity index (χ2v) is 6.00. The number of carbonyl (C=O) groups is 2. The lowest BCUT2D eigenvalue weighted by Crippen LogP contribution is -2.34. The number of ether oxygens (including phenoxy) is 1. The van der Waals surface area contributed by atoms with E-state index < -0.39 is 5.92 Å². The van der Waals surface area contributed by atoms with Gasteiger partial charge >= 0.3 is 0 Å². The second-order valence-electron chi connectivity index (χ2n) is 6.00. The van der Waals surface area contributed by atoms with Crippen molar-refractivity contribution >= 4 is 17.5 Å². The van der Waals surface area contributed by atoms with Crippen LogP contribution >= 0.6 is 0 Å². The first-order valence-electron chi connectivity index (χ1n) is 7.97. The molecule has 1 aromatic heterocycles. The number of hydrogen-bond donors (Lipinski definition) is 0. The Kier molecular flexibility index (Phi) is 4.69. The fourth-order valence-electron chi connectivity index (χ4n) is 2.97. The molecule has 2 aromatic rings. The highest BCUT2D eigenvalue weighted by Gasteiger charge is 2.37. The third kappa shape index (κ3) is 3.47. The van der Waals surface area contributed by atoms with E-state index in [1.165, 1.54) is 4.90 Å². The number of benzene rings is 1. The van der Waals surface area contributed by atoms with E-state index in [1.54, 1.807) is 32.0 Å². The van der Waals surface area contributed by atoms with Crippen molar-refractivity contribution in [3.05, 3.63) is 36.0 Å². The quantitative estimate of drug-likeness (QED) is 0.814. The number of anilines is 1. The molecule has 2 amide bonds. The van der Waals surface area contributed by atoms with Crippen molar-refractivity contribution in [2.45, 2.75) is 19.9 Å². The number of amides is 2. The number of rotatable bonds is 5. The van der Waals surface area contributed by atoms with E-state index >= 15 is 0 Å². The minimum atomic E-state index is -0.407. The Morgan fingerprint density at radius 2 is 2.20 bits per heavy atom. The average molecular weight is 344 g/mol. The number of carbonyl (C=O) groups excluding carboxylic acids is 2. The highest BCUT2D eigenvalue weighted by molar-refractivity contribution is 6.01. The van der Waals surface area contributed by atoms with Gasteiger partial charge in [-0.2, -0.15) is 4.98 Å². The molecule has 25 heavy (non-hydrogen) atoms. The molecule has 1 saturated heterocycles. The molecule has 0 radical (unpaired) electrons. The summed E-state index contributed by atoms with van der Waals surface area (Å²) in [5.41, 5.74) is 0.682. The molecule has 132 valence electrons.